The molecule has 0 atom stereocenters. The van der Waals surface area contributed by atoms with Gasteiger partial charge in [-0.2, -0.15) is 0 Å². The Morgan fingerprint density at radius 1 is 0.840 bits per heavy atom. The summed E-state index contributed by atoms with van der Waals surface area (Å²) in [6.07, 6.45) is 0.754. The van der Waals surface area contributed by atoms with Gasteiger partial charge in [-0.05, 0) is 55.3 Å². The molecule has 0 aliphatic rings. The first-order chi connectivity index (χ1) is 12.1. The normalized spacial score (nSPS) is 10.5. The van der Waals surface area contributed by atoms with Crippen molar-refractivity contribution >= 4 is 17.3 Å². The predicted molar refractivity (Wildman–Crippen MR) is 95.0 cm³/mol. The molecule has 0 saturated carbocycles. The van der Waals surface area contributed by atoms with Gasteiger partial charge in [0, 0.05) is 18.3 Å². The molecule has 0 aliphatic carbocycles. The molecule has 1 aromatic heterocycles. The van der Waals surface area contributed by atoms with Crippen LogP contribution in [-0.2, 0) is 6.42 Å². The smallest absolute Gasteiger partial charge is 0.136 e. The number of rotatable bonds is 6. The van der Waals surface area contributed by atoms with Crippen LogP contribution >= 0.6 is 0 Å². The van der Waals surface area contributed by atoms with Crippen LogP contribution in [0.5, 0.6) is 0 Å². The molecule has 0 unspecified atom stereocenters. The summed E-state index contributed by atoms with van der Waals surface area (Å²) in [6, 6.07) is 14.3. The number of hydrogen-bond donors (Lipinski definition) is 2. The van der Waals surface area contributed by atoms with Gasteiger partial charge < -0.3 is 10.6 Å². The summed E-state index contributed by atoms with van der Waals surface area (Å²) in [4.78, 5) is 8.68. The van der Waals surface area contributed by atoms with E-state index in [1.807, 2.05) is 0 Å². The number of halogens is 2. The van der Waals surface area contributed by atoms with Gasteiger partial charge >= 0.3 is 0 Å². The fraction of sp³-hybridized carbons (Fsp3) is 0.158. The van der Waals surface area contributed by atoms with Gasteiger partial charge in [-0.25, -0.2) is 18.7 Å². The standard InChI is InChI=1S/C19H18F2N4/c1-13-23-18(22-11-10-14-2-4-15(20)5-3-14)12-19(24-13)25-17-8-6-16(21)7-9-17/h2-9,12H,10-11H2,1H3,(H2,22,23,24,25). The van der Waals surface area contributed by atoms with Crippen molar-refractivity contribution in [2.75, 3.05) is 17.2 Å². The second-order valence-corrected chi connectivity index (χ2v) is 5.62. The largest absolute Gasteiger partial charge is 0.370 e. The van der Waals surface area contributed by atoms with Crippen molar-refractivity contribution in [2.24, 2.45) is 0 Å². The third kappa shape index (κ3) is 4.97. The van der Waals surface area contributed by atoms with Crippen molar-refractivity contribution in [2.45, 2.75) is 13.3 Å². The SMILES string of the molecule is Cc1nc(NCCc2ccc(F)cc2)cc(Nc2ccc(F)cc2)n1. The lowest BCUT2D eigenvalue weighted by atomic mass is 10.1. The van der Waals surface area contributed by atoms with Gasteiger partial charge in [0.1, 0.15) is 29.1 Å². The lowest BCUT2D eigenvalue weighted by Crippen LogP contribution is -2.08. The third-order valence-electron chi connectivity index (χ3n) is 3.59. The van der Waals surface area contributed by atoms with E-state index in [1.165, 1.54) is 24.3 Å². The quantitative estimate of drug-likeness (QED) is 0.695. The molecule has 2 aromatic carbocycles. The van der Waals surface area contributed by atoms with Gasteiger partial charge in [0.05, 0.1) is 0 Å². The van der Waals surface area contributed by atoms with E-state index >= 15 is 0 Å². The summed E-state index contributed by atoms with van der Waals surface area (Å²) in [5.41, 5.74) is 1.79. The Balaban J connectivity index is 1.62. The minimum absolute atomic E-state index is 0.236. The molecule has 25 heavy (non-hydrogen) atoms. The number of benzene rings is 2. The number of aromatic nitrogens is 2. The average molecular weight is 340 g/mol. The Hall–Kier alpha value is -3.02. The van der Waals surface area contributed by atoms with Crippen LogP contribution in [0.2, 0.25) is 0 Å². The maximum absolute atomic E-state index is 13.0. The predicted octanol–water partition coefficient (Wildman–Crippen LogP) is 4.46. The molecule has 3 rings (SSSR count). The molecular weight excluding hydrogens is 322 g/mol. The molecule has 1 heterocycles. The summed E-state index contributed by atoms with van der Waals surface area (Å²) in [5.74, 6) is 1.42. The zero-order chi connectivity index (χ0) is 17.6. The van der Waals surface area contributed by atoms with Crippen LogP contribution in [0.3, 0.4) is 0 Å². The third-order valence-corrected chi connectivity index (χ3v) is 3.59. The number of aryl methyl sites for hydroxylation is 1. The van der Waals surface area contributed by atoms with Crippen molar-refractivity contribution < 1.29 is 8.78 Å². The second kappa shape index (κ2) is 7.70. The number of nitrogens with zero attached hydrogens (tertiary/aromatic N) is 2. The van der Waals surface area contributed by atoms with E-state index in [0.717, 1.165) is 17.7 Å². The van der Waals surface area contributed by atoms with E-state index in [1.54, 1.807) is 37.3 Å². The lowest BCUT2D eigenvalue weighted by Gasteiger charge is -2.10. The van der Waals surface area contributed by atoms with Gasteiger partial charge in [0.15, 0.2) is 0 Å². The molecule has 0 bridgehead atoms. The van der Waals surface area contributed by atoms with E-state index in [0.29, 0.717) is 24.0 Å². The van der Waals surface area contributed by atoms with Crippen LogP contribution in [0.25, 0.3) is 0 Å². The zero-order valence-corrected chi connectivity index (χ0v) is 13.8. The molecule has 6 heteroatoms. The number of hydrogen-bond acceptors (Lipinski definition) is 4. The highest BCUT2D eigenvalue weighted by atomic mass is 19.1. The highest BCUT2D eigenvalue weighted by Crippen LogP contribution is 2.18. The Morgan fingerprint density at radius 3 is 2.12 bits per heavy atom. The Morgan fingerprint density at radius 2 is 1.44 bits per heavy atom. The fourth-order valence-electron chi connectivity index (χ4n) is 2.39. The monoisotopic (exact) mass is 340 g/mol. The summed E-state index contributed by atoms with van der Waals surface area (Å²) in [5, 5.41) is 6.37. The summed E-state index contributed by atoms with van der Waals surface area (Å²) in [6.45, 7) is 2.47. The first-order valence-electron chi connectivity index (χ1n) is 7.95. The van der Waals surface area contributed by atoms with Gasteiger partial charge in [-0.1, -0.05) is 12.1 Å². The Bertz CT molecular complexity index is 833. The Labute approximate surface area is 145 Å². The van der Waals surface area contributed by atoms with Crippen molar-refractivity contribution in [1.29, 1.82) is 0 Å². The topological polar surface area (TPSA) is 49.8 Å². The van der Waals surface area contributed by atoms with Gasteiger partial charge in [-0.15, -0.1) is 0 Å². The molecule has 2 N–H and O–H groups in total. The van der Waals surface area contributed by atoms with E-state index in [9.17, 15) is 8.78 Å². The maximum atomic E-state index is 13.0. The summed E-state index contributed by atoms with van der Waals surface area (Å²) in [7, 11) is 0. The molecule has 0 aliphatic heterocycles. The molecule has 3 aromatic rings. The van der Waals surface area contributed by atoms with E-state index in [4.69, 9.17) is 0 Å². The van der Waals surface area contributed by atoms with Gasteiger partial charge in [0.25, 0.3) is 0 Å². The summed E-state index contributed by atoms with van der Waals surface area (Å²) >= 11 is 0. The van der Waals surface area contributed by atoms with Crippen LogP contribution in [0.15, 0.2) is 54.6 Å². The molecule has 0 saturated heterocycles. The maximum Gasteiger partial charge on any atom is 0.136 e. The number of anilines is 3. The molecule has 0 radical (unpaired) electrons. The van der Waals surface area contributed by atoms with Crippen molar-refractivity contribution in [1.82, 2.24) is 9.97 Å². The molecule has 0 amide bonds. The highest BCUT2D eigenvalue weighted by Gasteiger charge is 2.03. The van der Waals surface area contributed by atoms with Crippen molar-refractivity contribution in [3.8, 4) is 0 Å². The lowest BCUT2D eigenvalue weighted by molar-refractivity contribution is 0.627. The average Bonchev–Trinajstić information content (AvgIpc) is 2.58. The van der Waals surface area contributed by atoms with Gasteiger partial charge in [0.2, 0.25) is 0 Å². The van der Waals surface area contributed by atoms with Crippen LogP contribution in [-0.4, -0.2) is 16.5 Å². The summed E-state index contributed by atoms with van der Waals surface area (Å²) < 4.78 is 25.9. The van der Waals surface area contributed by atoms with Gasteiger partial charge in [-0.3, -0.25) is 0 Å². The molecule has 0 fully saturated rings. The van der Waals surface area contributed by atoms with Crippen LogP contribution in [0.1, 0.15) is 11.4 Å². The molecule has 128 valence electrons. The molecule has 4 nitrogen and oxygen atoms in total. The highest BCUT2D eigenvalue weighted by molar-refractivity contribution is 5.59. The van der Waals surface area contributed by atoms with Crippen molar-refractivity contribution in [3.05, 3.63) is 77.6 Å². The van der Waals surface area contributed by atoms with Crippen molar-refractivity contribution in [3.63, 3.8) is 0 Å². The molecular formula is C19H18F2N4. The molecule has 0 spiro atoms. The zero-order valence-electron chi connectivity index (χ0n) is 13.8. The minimum Gasteiger partial charge on any atom is -0.370 e. The van der Waals surface area contributed by atoms with Crippen LogP contribution in [0, 0.1) is 18.6 Å². The van der Waals surface area contributed by atoms with Crippen LogP contribution in [0.4, 0.5) is 26.1 Å². The van der Waals surface area contributed by atoms with E-state index in [2.05, 4.69) is 20.6 Å². The number of nitrogens with one attached hydrogen (secondary N) is 2. The fourth-order valence-corrected chi connectivity index (χ4v) is 2.39. The first-order valence-corrected chi connectivity index (χ1v) is 7.95. The van der Waals surface area contributed by atoms with Crippen LogP contribution < -0.4 is 10.6 Å². The first kappa shape index (κ1) is 16.8. The minimum atomic E-state index is -0.285. The Kier molecular flexibility index (Phi) is 5.18. The second-order valence-electron chi connectivity index (χ2n) is 5.62. The van der Waals surface area contributed by atoms with E-state index in [-0.39, 0.29) is 11.6 Å². The van der Waals surface area contributed by atoms with E-state index < -0.39 is 0 Å².